The molecule has 6 rings (SSSR count). The van der Waals surface area contributed by atoms with Crippen molar-refractivity contribution in [2.75, 3.05) is 61.8 Å². The number of hydrogen-bond donors (Lipinski definition) is 3. The van der Waals surface area contributed by atoms with Gasteiger partial charge in [-0.05, 0) is 55.9 Å². The van der Waals surface area contributed by atoms with E-state index in [2.05, 4.69) is 56.2 Å². The van der Waals surface area contributed by atoms with Gasteiger partial charge in [0, 0.05) is 62.9 Å². The molecule has 216 valence electrons. The molecule has 2 fully saturated rings. The Morgan fingerprint density at radius 2 is 1.79 bits per heavy atom. The molecule has 2 aliphatic heterocycles. The molecular weight excluding hydrogens is 535 g/mol. The molecule has 4 aromatic rings. The van der Waals surface area contributed by atoms with Crippen molar-refractivity contribution in [2.24, 2.45) is 0 Å². The number of halogens is 1. The molecule has 2 aliphatic rings. The largest absolute Gasteiger partial charge is 0.369 e. The van der Waals surface area contributed by atoms with Gasteiger partial charge in [0.2, 0.25) is 11.9 Å². The van der Waals surface area contributed by atoms with Crippen molar-refractivity contribution in [3.05, 3.63) is 84.3 Å². The normalized spacial score (nSPS) is 17.4. The summed E-state index contributed by atoms with van der Waals surface area (Å²) in [7, 11) is 2.14. The van der Waals surface area contributed by atoms with Crippen LogP contribution in [0.3, 0.4) is 0 Å². The number of nitrogens with one attached hydrogen (secondary N) is 3. The number of rotatable bonds is 8. The second-order valence-electron chi connectivity index (χ2n) is 10.7. The Labute approximate surface area is 243 Å². The van der Waals surface area contributed by atoms with E-state index in [1.807, 2.05) is 12.1 Å². The number of H-pyrrole nitrogens is 1. The highest BCUT2D eigenvalue weighted by Crippen LogP contribution is 2.31. The van der Waals surface area contributed by atoms with Crippen LogP contribution in [0.1, 0.15) is 22.3 Å². The Morgan fingerprint density at radius 1 is 1.02 bits per heavy atom. The fourth-order valence-electron chi connectivity index (χ4n) is 5.51. The zero-order valence-electron chi connectivity index (χ0n) is 23.4. The molecule has 10 nitrogen and oxygen atoms in total. The van der Waals surface area contributed by atoms with Crippen LogP contribution in [0.25, 0.3) is 11.0 Å². The van der Waals surface area contributed by atoms with E-state index in [1.165, 1.54) is 24.4 Å². The molecule has 1 amide bonds. The molecule has 0 spiro atoms. The maximum atomic E-state index is 14.5. The number of carbonyl (C=O) groups excluding carboxylic acids is 2. The first-order valence-corrected chi connectivity index (χ1v) is 14.1. The van der Waals surface area contributed by atoms with E-state index in [0.29, 0.717) is 42.3 Å². The zero-order valence-corrected chi connectivity index (χ0v) is 23.4. The first-order chi connectivity index (χ1) is 20.4. The number of likely N-dealkylation sites (tertiary alicyclic amines) is 1. The van der Waals surface area contributed by atoms with Gasteiger partial charge < -0.3 is 30.3 Å². The third-order valence-corrected chi connectivity index (χ3v) is 7.90. The van der Waals surface area contributed by atoms with E-state index in [-0.39, 0.29) is 23.1 Å². The van der Waals surface area contributed by atoms with Crippen LogP contribution < -0.4 is 15.5 Å². The number of benzene rings is 2. The summed E-state index contributed by atoms with van der Waals surface area (Å²) in [4.78, 5) is 44.5. The summed E-state index contributed by atoms with van der Waals surface area (Å²) in [5, 5.41) is 7.17. The number of carbonyl (C=O) groups is 2. The molecule has 2 aromatic heterocycles. The van der Waals surface area contributed by atoms with E-state index in [1.54, 1.807) is 17.0 Å². The molecular formula is C31H33FN8O2. The lowest BCUT2D eigenvalue weighted by molar-refractivity contribution is -0.125. The van der Waals surface area contributed by atoms with Crippen molar-refractivity contribution in [1.82, 2.24) is 24.8 Å². The average molecular weight is 569 g/mol. The predicted octanol–water partition coefficient (Wildman–Crippen LogP) is 4.02. The van der Waals surface area contributed by atoms with E-state index in [9.17, 15) is 14.0 Å². The average Bonchev–Trinajstić information content (AvgIpc) is 3.65. The molecule has 2 aromatic carbocycles. The first-order valence-electron chi connectivity index (χ1n) is 14.1. The van der Waals surface area contributed by atoms with Gasteiger partial charge in [0.05, 0.1) is 16.5 Å². The van der Waals surface area contributed by atoms with Gasteiger partial charge in [0.25, 0.3) is 0 Å². The summed E-state index contributed by atoms with van der Waals surface area (Å²) in [6, 6.07) is 13.9. The van der Waals surface area contributed by atoms with Gasteiger partial charge >= 0.3 is 0 Å². The minimum Gasteiger partial charge on any atom is -0.369 e. The third-order valence-electron chi connectivity index (χ3n) is 7.90. The fraction of sp³-hybridized carbons (Fsp3) is 0.290. The molecule has 1 atom stereocenters. The maximum absolute atomic E-state index is 14.5. The second-order valence-corrected chi connectivity index (χ2v) is 10.7. The highest BCUT2D eigenvalue weighted by atomic mass is 19.1. The molecule has 3 N–H and O–H groups in total. The van der Waals surface area contributed by atoms with Crippen molar-refractivity contribution in [3.8, 4) is 0 Å². The lowest BCUT2D eigenvalue weighted by atomic mass is 10.0. The van der Waals surface area contributed by atoms with Crippen LogP contribution >= 0.6 is 0 Å². The van der Waals surface area contributed by atoms with Crippen LogP contribution in [-0.4, -0.2) is 88.8 Å². The van der Waals surface area contributed by atoms with Gasteiger partial charge in [-0.3, -0.25) is 9.59 Å². The SMILES string of the molecule is C=CC(=O)N1CC[C@H](Nc2nc(Nc3ccc(N4CCN(C)CC4)cc3)nc3[nH]cc(C(=O)c4ccccc4F)c23)C1. The minimum absolute atomic E-state index is 0.0318. The number of nitrogens with zero attached hydrogens (tertiary/aromatic N) is 5. The summed E-state index contributed by atoms with van der Waals surface area (Å²) in [5.74, 6) is -0.441. The number of amides is 1. The zero-order chi connectivity index (χ0) is 29.2. The number of aromatic nitrogens is 3. The third kappa shape index (κ3) is 5.55. The van der Waals surface area contributed by atoms with Gasteiger partial charge in [-0.15, -0.1) is 0 Å². The number of fused-ring (bicyclic) bond motifs is 1. The number of anilines is 4. The van der Waals surface area contributed by atoms with Crippen molar-refractivity contribution < 1.29 is 14.0 Å². The second kappa shape index (κ2) is 11.6. The molecule has 11 heteroatoms. The number of aromatic amines is 1. The first kappa shape index (κ1) is 27.4. The summed E-state index contributed by atoms with van der Waals surface area (Å²) < 4.78 is 14.5. The summed E-state index contributed by atoms with van der Waals surface area (Å²) in [6.07, 6.45) is 3.54. The van der Waals surface area contributed by atoms with Gasteiger partial charge in [-0.25, -0.2) is 4.39 Å². The monoisotopic (exact) mass is 568 g/mol. The highest BCUT2D eigenvalue weighted by Gasteiger charge is 2.28. The Morgan fingerprint density at radius 3 is 2.52 bits per heavy atom. The molecule has 0 aliphatic carbocycles. The Bertz CT molecular complexity index is 1630. The quantitative estimate of drug-likeness (QED) is 0.216. The van der Waals surface area contributed by atoms with Crippen LogP contribution in [0.4, 0.5) is 27.5 Å². The molecule has 2 saturated heterocycles. The molecule has 0 saturated carbocycles. The highest BCUT2D eigenvalue weighted by molar-refractivity contribution is 6.18. The van der Waals surface area contributed by atoms with Crippen LogP contribution in [-0.2, 0) is 4.79 Å². The number of hydrogen-bond acceptors (Lipinski definition) is 8. The van der Waals surface area contributed by atoms with Gasteiger partial charge in [-0.2, -0.15) is 9.97 Å². The van der Waals surface area contributed by atoms with Gasteiger partial charge in [0.15, 0.2) is 5.78 Å². The molecule has 4 heterocycles. The Kier molecular flexibility index (Phi) is 7.58. The lowest BCUT2D eigenvalue weighted by Gasteiger charge is -2.34. The molecule has 0 radical (unpaired) electrons. The fourth-order valence-corrected chi connectivity index (χ4v) is 5.51. The van der Waals surface area contributed by atoms with Crippen LogP contribution in [0, 0.1) is 5.82 Å². The summed E-state index contributed by atoms with van der Waals surface area (Å²) in [6.45, 7) is 8.65. The smallest absolute Gasteiger partial charge is 0.246 e. The van der Waals surface area contributed by atoms with Gasteiger partial charge in [0.1, 0.15) is 17.3 Å². The van der Waals surface area contributed by atoms with Crippen LogP contribution in [0.2, 0.25) is 0 Å². The van der Waals surface area contributed by atoms with E-state index in [0.717, 1.165) is 37.6 Å². The maximum Gasteiger partial charge on any atom is 0.246 e. The van der Waals surface area contributed by atoms with E-state index in [4.69, 9.17) is 4.98 Å². The predicted molar refractivity (Wildman–Crippen MR) is 162 cm³/mol. The van der Waals surface area contributed by atoms with E-state index >= 15 is 0 Å². The molecule has 42 heavy (non-hydrogen) atoms. The van der Waals surface area contributed by atoms with Crippen LogP contribution in [0.15, 0.2) is 67.4 Å². The standard InChI is InChI=1S/C31H33FN8O2/c1-3-26(41)40-13-12-21(19-40)34-30-27-24(28(42)23-6-4-5-7-25(23)32)18-33-29(27)36-31(37-30)35-20-8-10-22(11-9-20)39-16-14-38(2)15-17-39/h3-11,18,21H,1,12-17,19H2,2H3,(H3,33,34,35,36,37)/t21-/m0/s1. The van der Waals surface area contributed by atoms with Crippen molar-refractivity contribution >= 4 is 45.9 Å². The molecule has 0 unspecified atom stereocenters. The van der Waals surface area contributed by atoms with Crippen molar-refractivity contribution in [3.63, 3.8) is 0 Å². The van der Waals surface area contributed by atoms with E-state index < -0.39 is 11.6 Å². The minimum atomic E-state index is -0.597. The van der Waals surface area contributed by atoms with Crippen molar-refractivity contribution in [1.29, 1.82) is 0 Å². The lowest BCUT2D eigenvalue weighted by Crippen LogP contribution is -2.44. The van der Waals surface area contributed by atoms with Crippen LogP contribution in [0.5, 0.6) is 0 Å². The Balaban J connectivity index is 1.31. The van der Waals surface area contributed by atoms with Gasteiger partial charge in [-0.1, -0.05) is 18.7 Å². The summed E-state index contributed by atoms with van der Waals surface area (Å²) in [5.41, 5.74) is 2.64. The van der Waals surface area contributed by atoms with Crippen molar-refractivity contribution in [2.45, 2.75) is 12.5 Å². The number of piperazine rings is 1. The molecule has 0 bridgehead atoms. The summed E-state index contributed by atoms with van der Waals surface area (Å²) >= 11 is 0. The topological polar surface area (TPSA) is 109 Å². The number of ketones is 1. The Hall–Kier alpha value is -4.77. The number of likely N-dealkylation sites (N-methyl/N-ethyl adjacent to an activating group) is 1.